The number of aliphatic hydroxyl groups is 1. The van der Waals surface area contributed by atoms with E-state index in [1.807, 2.05) is 0 Å². The standard InChI is InChI=1S/C13H18F3NO3/c1-20-11-5-2-4-10(12(11)19)8-17(6-3-7-18)9-13(14,15)16/h2,4-5,18-19H,3,6-9H2,1H3. The lowest BCUT2D eigenvalue weighted by Gasteiger charge is -2.24. The van der Waals surface area contributed by atoms with Crippen LogP contribution in [-0.4, -0.2) is 48.1 Å². The highest BCUT2D eigenvalue weighted by atomic mass is 19.4. The molecule has 0 aliphatic carbocycles. The number of phenolic OH excluding ortho intramolecular Hbond substituents is 1. The summed E-state index contributed by atoms with van der Waals surface area (Å²) in [6.07, 6.45) is -4.09. The van der Waals surface area contributed by atoms with Gasteiger partial charge in [0, 0.05) is 25.3 Å². The van der Waals surface area contributed by atoms with Crippen LogP contribution >= 0.6 is 0 Å². The molecule has 2 N–H and O–H groups in total. The summed E-state index contributed by atoms with van der Waals surface area (Å²) >= 11 is 0. The van der Waals surface area contributed by atoms with Gasteiger partial charge < -0.3 is 14.9 Å². The highest BCUT2D eigenvalue weighted by Crippen LogP contribution is 2.30. The molecule has 1 aromatic rings. The minimum Gasteiger partial charge on any atom is -0.504 e. The molecule has 20 heavy (non-hydrogen) atoms. The Bertz CT molecular complexity index is 424. The molecule has 0 saturated heterocycles. The highest BCUT2D eigenvalue weighted by Gasteiger charge is 2.30. The van der Waals surface area contributed by atoms with Crippen LogP contribution in [0.4, 0.5) is 13.2 Å². The summed E-state index contributed by atoms with van der Waals surface area (Å²) in [5, 5.41) is 18.6. The smallest absolute Gasteiger partial charge is 0.401 e. The van der Waals surface area contributed by atoms with Crippen molar-refractivity contribution in [3.63, 3.8) is 0 Å². The van der Waals surface area contributed by atoms with Gasteiger partial charge in [0.25, 0.3) is 0 Å². The van der Waals surface area contributed by atoms with Crippen LogP contribution in [0, 0.1) is 0 Å². The van der Waals surface area contributed by atoms with Crippen LogP contribution in [0.1, 0.15) is 12.0 Å². The van der Waals surface area contributed by atoms with Gasteiger partial charge in [-0.2, -0.15) is 13.2 Å². The van der Waals surface area contributed by atoms with Crippen molar-refractivity contribution in [3.8, 4) is 11.5 Å². The maximum absolute atomic E-state index is 12.5. The van der Waals surface area contributed by atoms with Gasteiger partial charge in [-0.15, -0.1) is 0 Å². The van der Waals surface area contributed by atoms with Crippen LogP contribution in [-0.2, 0) is 6.54 Å². The van der Waals surface area contributed by atoms with Gasteiger partial charge in [-0.3, -0.25) is 4.90 Å². The van der Waals surface area contributed by atoms with E-state index in [9.17, 15) is 18.3 Å². The normalized spacial score (nSPS) is 11.9. The third-order valence-corrected chi connectivity index (χ3v) is 2.73. The van der Waals surface area contributed by atoms with Crippen molar-refractivity contribution in [2.24, 2.45) is 0 Å². The first-order valence-corrected chi connectivity index (χ1v) is 6.12. The molecule has 0 spiro atoms. The largest absolute Gasteiger partial charge is 0.504 e. The molecule has 0 aliphatic heterocycles. The van der Waals surface area contributed by atoms with E-state index >= 15 is 0 Å². The molecule has 114 valence electrons. The van der Waals surface area contributed by atoms with Crippen LogP contribution in [0.3, 0.4) is 0 Å². The molecule has 0 unspecified atom stereocenters. The summed E-state index contributed by atoms with van der Waals surface area (Å²) in [5.41, 5.74) is 0.353. The molecule has 1 aromatic carbocycles. The first kappa shape index (κ1) is 16.6. The maximum atomic E-state index is 12.5. The minimum atomic E-state index is -4.33. The molecule has 7 heteroatoms. The monoisotopic (exact) mass is 293 g/mol. The fourth-order valence-corrected chi connectivity index (χ4v) is 1.86. The van der Waals surface area contributed by atoms with E-state index in [4.69, 9.17) is 9.84 Å². The van der Waals surface area contributed by atoms with Crippen molar-refractivity contribution in [1.29, 1.82) is 0 Å². The predicted molar refractivity (Wildman–Crippen MR) is 67.7 cm³/mol. The Labute approximate surface area is 115 Å². The van der Waals surface area contributed by atoms with Gasteiger partial charge >= 0.3 is 6.18 Å². The number of alkyl halides is 3. The summed E-state index contributed by atoms with van der Waals surface area (Å²) in [4.78, 5) is 1.13. The molecule has 1 rings (SSSR count). The van der Waals surface area contributed by atoms with Crippen LogP contribution < -0.4 is 4.74 Å². The molecule has 0 amide bonds. The lowest BCUT2D eigenvalue weighted by Crippen LogP contribution is -2.34. The van der Waals surface area contributed by atoms with E-state index in [1.54, 1.807) is 12.1 Å². The highest BCUT2D eigenvalue weighted by molar-refractivity contribution is 5.45. The SMILES string of the molecule is COc1cccc(CN(CCCO)CC(F)(F)F)c1O. The number of aromatic hydroxyl groups is 1. The fraction of sp³-hybridized carbons (Fsp3) is 0.538. The Kier molecular flexibility index (Phi) is 6.09. The van der Waals surface area contributed by atoms with Gasteiger partial charge in [-0.1, -0.05) is 12.1 Å². The van der Waals surface area contributed by atoms with E-state index in [0.717, 1.165) is 4.90 Å². The Morgan fingerprint density at radius 1 is 1.30 bits per heavy atom. The van der Waals surface area contributed by atoms with Gasteiger partial charge in [-0.25, -0.2) is 0 Å². The molecule has 0 saturated carbocycles. The van der Waals surface area contributed by atoms with Crippen LogP contribution in [0.2, 0.25) is 0 Å². The second kappa shape index (κ2) is 7.35. The van der Waals surface area contributed by atoms with Crippen molar-refractivity contribution in [2.75, 3.05) is 26.8 Å². The summed E-state index contributed by atoms with van der Waals surface area (Å²) in [6.45, 7) is -1.25. The molecule has 0 aromatic heterocycles. The van der Waals surface area contributed by atoms with Crippen LogP contribution in [0.15, 0.2) is 18.2 Å². The topological polar surface area (TPSA) is 52.9 Å². The maximum Gasteiger partial charge on any atom is 0.401 e. The van der Waals surface area contributed by atoms with E-state index in [1.165, 1.54) is 13.2 Å². The number of phenols is 1. The number of hydrogen-bond acceptors (Lipinski definition) is 4. The molecule has 0 aliphatic rings. The van der Waals surface area contributed by atoms with E-state index in [2.05, 4.69) is 0 Å². The number of aliphatic hydroxyl groups excluding tert-OH is 1. The van der Waals surface area contributed by atoms with Crippen molar-refractivity contribution >= 4 is 0 Å². The number of methoxy groups -OCH3 is 1. The Hall–Kier alpha value is -1.47. The van der Waals surface area contributed by atoms with Gasteiger partial charge in [0.15, 0.2) is 11.5 Å². The van der Waals surface area contributed by atoms with E-state index in [0.29, 0.717) is 5.56 Å². The lowest BCUT2D eigenvalue weighted by atomic mass is 10.1. The number of hydrogen-bond donors (Lipinski definition) is 2. The molecular formula is C13H18F3NO3. The van der Waals surface area contributed by atoms with Gasteiger partial charge in [0.1, 0.15) is 0 Å². The third kappa shape index (κ3) is 5.26. The molecule has 0 radical (unpaired) electrons. The Morgan fingerprint density at radius 3 is 2.55 bits per heavy atom. The van der Waals surface area contributed by atoms with Gasteiger partial charge in [0.2, 0.25) is 0 Å². The summed E-state index contributed by atoms with van der Waals surface area (Å²) in [7, 11) is 1.37. The number of nitrogens with zero attached hydrogens (tertiary/aromatic N) is 1. The zero-order valence-electron chi connectivity index (χ0n) is 11.2. The molecular weight excluding hydrogens is 275 g/mol. The molecule has 0 heterocycles. The molecule has 0 fully saturated rings. The predicted octanol–water partition coefficient (Wildman–Crippen LogP) is 2.15. The number of ether oxygens (including phenoxy) is 1. The zero-order chi connectivity index (χ0) is 15.2. The first-order chi connectivity index (χ1) is 9.37. The van der Waals surface area contributed by atoms with Crippen molar-refractivity contribution in [3.05, 3.63) is 23.8 Å². The number of para-hydroxylation sites is 1. The average molecular weight is 293 g/mol. The van der Waals surface area contributed by atoms with E-state index in [-0.39, 0.29) is 37.6 Å². The quantitative estimate of drug-likeness (QED) is 0.809. The molecule has 0 atom stereocenters. The summed E-state index contributed by atoms with van der Waals surface area (Å²) in [5.74, 6) is 0.0581. The van der Waals surface area contributed by atoms with Crippen molar-refractivity contribution < 1.29 is 28.1 Å². The van der Waals surface area contributed by atoms with Crippen LogP contribution in [0.5, 0.6) is 11.5 Å². The Morgan fingerprint density at radius 2 is 2.00 bits per heavy atom. The van der Waals surface area contributed by atoms with E-state index < -0.39 is 12.7 Å². The molecule has 0 bridgehead atoms. The van der Waals surface area contributed by atoms with Gasteiger partial charge in [-0.05, 0) is 12.5 Å². The first-order valence-electron chi connectivity index (χ1n) is 6.12. The second-order valence-corrected chi connectivity index (χ2v) is 4.37. The number of halogens is 3. The number of benzene rings is 1. The summed E-state index contributed by atoms with van der Waals surface area (Å²) in [6, 6.07) is 4.67. The third-order valence-electron chi connectivity index (χ3n) is 2.73. The zero-order valence-corrected chi connectivity index (χ0v) is 11.2. The Balaban J connectivity index is 2.83. The number of rotatable bonds is 7. The summed E-state index contributed by atoms with van der Waals surface area (Å²) < 4.78 is 42.4. The second-order valence-electron chi connectivity index (χ2n) is 4.37. The average Bonchev–Trinajstić information content (AvgIpc) is 2.36. The fourth-order valence-electron chi connectivity index (χ4n) is 1.86. The van der Waals surface area contributed by atoms with Crippen LogP contribution in [0.25, 0.3) is 0 Å². The van der Waals surface area contributed by atoms with Crippen molar-refractivity contribution in [2.45, 2.75) is 19.1 Å². The van der Waals surface area contributed by atoms with Gasteiger partial charge in [0.05, 0.1) is 13.7 Å². The minimum absolute atomic E-state index is 0.0669. The lowest BCUT2D eigenvalue weighted by molar-refractivity contribution is -0.147. The molecule has 4 nitrogen and oxygen atoms in total. The van der Waals surface area contributed by atoms with Crippen molar-refractivity contribution in [1.82, 2.24) is 4.90 Å².